The van der Waals surface area contributed by atoms with Crippen LogP contribution >= 0.6 is 11.6 Å². The summed E-state index contributed by atoms with van der Waals surface area (Å²) in [6, 6.07) is 39.8. The van der Waals surface area contributed by atoms with Crippen LogP contribution in [-0.4, -0.2) is 49.8 Å². The molecule has 0 spiro atoms. The molecule has 0 aliphatic carbocycles. The van der Waals surface area contributed by atoms with Gasteiger partial charge in [0.25, 0.3) is 0 Å². The van der Waals surface area contributed by atoms with Crippen LogP contribution < -0.4 is 4.74 Å². The number of hydrogen-bond acceptors (Lipinski definition) is 7. The predicted molar refractivity (Wildman–Crippen MR) is 198 cm³/mol. The number of halogens is 2. The van der Waals surface area contributed by atoms with Crippen molar-refractivity contribution in [1.82, 2.24) is 0 Å². The highest BCUT2D eigenvalue weighted by molar-refractivity contribution is 6.31. The smallest absolute Gasteiger partial charge is 0.225 e. The van der Waals surface area contributed by atoms with Crippen molar-refractivity contribution < 1.29 is 37.9 Å². The van der Waals surface area contributed by atoms with Gasteiger partial charge in [0.15, 0.2) is 11.6 Å². The molecule has 0 aromatic heterocycles. The normalized spacial score (nSPS) is 21.6. The highest BCUT2D eigenvalue weighted by Crippen LogP contribution is 2.44. The molecule has 1 fully saturated rings. The first-order valence-electron chi connectivity index (χ1n) is 17.4. The quantitative estimate of drug-likeness (QED) is 0.109. The van der Waals surface area contributed by atoms with Crippen molar-refractivity contribution in [3.05, 3.63) is 172 Å². The van der Waals surface area contributed by atoms with Crippen molar-refractivity contribution in [2.75, 3.05) is 20.3 Å². The van der Waals surface area contributed by atoms with Crippen LogP contribution in [0, 0.1) is 5.82 Å². The topological polar surface area (TPSA) is 75.6 Å². The maximum Gasteiger partial charge on any atom is 0.225 e. The molecule has 1 saturated heterocycles. The summed E-state index contributed by atoms with van der Waals surface area (Å²) in [5, 5.41) is 11.4. The fourth-order valence-electron chi connectivity index (χ4n) is 6.57. The molecule has 0 amide bonds. The van der Waals surface area contributed by atoms with Gasteiger partial charge in [0.2, 0.25) is 5.79 Å². The summed E-state index contributed by atoms with van der Waals surface area (Å²) in [4.78, 5) is 0. The van der Waals surface area contributed by atoms with Crippen molar-refractivity contribution in [3.63, 3.8) is 0 Å². The van der Waals surface area contributed by atoms with Gasteiger partial charge >= 0.3 is 0 Å². The zero-order chi connectivity index (χ0) is 36.3. The van der Waals surface area contributed by atoms with Crippen LogP contribution in [0.4, 0.5) is 4.39 Å². The Hall–Kier alpha value is -4.12. The second-order valence-corrected chi connectivity index (χ2v) is 13.0. The maximum atomic E-state index is 14.9. The van der Waals surface area contributed by atoms with Crippen LogP contribution in [0.3, 0.4) is 0 Å². The van der Waals surface area contributed by atoms with E-state index in [1.54, 1.807) is 19.2 Å². The zero-order valence-electron chi connectivity index (χ0n) is 29.3. The summed E-state index contributed by atoms with van der Waals surface area (Å²) >= 11 is 6.78. The molecule has 0 radical (unpaired) electrons. The van der Waals surface area contributed by atoms with Gasteiger partial charge in [-0.1, -0.05) is 115 Å². The van der Waals surface area contributed by atoms with Crippen LogP contribution in [0.5, 0.6) is 5.75 Å². The molecular formula is C43H44ClFO7. The third-order valence-corrected chi connectivity index (χ3v) is 9.52. The number of hydrogen-bond donors (Lipinski definition) is 1. The van der Waals surface area contributed by atoms with Crippen LogP contribution in [0.25, 0.3) is 0 Å². The Bertz CT molecular complexity index is 1850. The van der Waals surface area contributed by atoms with E-state index in [1.165, 1.54) is 6.07 Å². The summed E-state index contributed by atoms with van der Waals surface area (Å²) in [6.07, 6.45) is -2.98. The van der Waals surface area contributed by atoms with Gasteiger partial charge in [0, 0.05) is 17.7 Å². The molecule has 0 bridgehead atoms. The Kier molecular flexibility index (Phi) is 13.1. The molecule has 7 nitrogen and oxygen atoms in total. The fraction of sp³-hybridized carbons (Fsp3) is 0.302. The van der Waals surface area contributed by atoms with Crippen LogP contribution in [-0.2, 0) is 55.7 Å². The lowest BCUT2D eigenvalue weighted by molar-refractivity contribution is -0.384. The van der Waals surface area contributed by atoms with Crippen LogP contribution in [0.1, 0.15) is 40.3 Å². The van der Waals surface area contributed by atoms with E-state index in [0.717, 1.165) is 16.7 Å². The van der Waals surface area contributed by atoms with E-state index in [0.29, 0.717) is 34.7 Å². The average molecular weight is 727 g/mol. The van der Waals surface area contributed by atoms with E-state index >= 15 is 0 Å². The molecule has 272 valence electrons. The van der Waals surface area contributed by atoms with Crippen molar-refractivity contribution in [2.45, 2.75) is 63.4 Å². The van der Waals surface area contributed by atoms with E-state index in [4.69, 9.17) is 40.0 Å². The highest BCUT2D eigenvalue weighted by Gasteiger charge is 2.58. The lowest BCUT2D eigenvalue weighted by atomic mass is 9.86. The first-order valence-corrected chi connectivity index (χ1v) is 17.8. The second kappa shape index (κ2) is 18.1. The van der Waals surface area contributed by atoms with E-state index < -0.39 is 36.0 Å². The number of aliphatic hydroxyl groups is 1. The number of rotatable bonds is 16. The van der Waals surface area contributed by atoms with E-state index in [1.807, 2.05) is 116 Å². The Morgan fingerprint density at radius 3 is 1.83 bits per heavy atom. The van der Waals surface area contributed by atoms with Crippen molar-refractivity contribution in [2.24, 2.45) is 0 Å². The first-order chi connectivity index (χ1) is 25.4. The minimum atomic E-state index is -1.58. The molecule has 52 heavy (non-hydrogen) atoms. The predicted octanol–water partition coefficient (Wildman–Crippen LogP) is 8.42. The average Bonchev–Trinajstić information content (AvgIpc) is 3.18. The van der Waals surface area contributed by atoms with Crippen LogP contribution in [0.2, 0.25) is 5.02 Å². The Morgan fingerprint density at radius 1 is 0.712 bits per heavy atom. The van der Waals surface area contributed by atoms with Gasteiger partial charge in [0.05, 0.1) is 33.0 Å². The maximum absolute atomic E-state index is 14.9. The molecule has 5 atom stereocenters. The molecule has 9 heteroatoms. The summed E-state index contributed by atoms with van der Waals surface area (Å²) < 4.78 is 53.6. The Labute approximate surface area is 309 Å². The number of ether oxygens (including phenoxy) is 6. The Morgan fingerprint density at radius 2 is 1.29 bits per heavy atom. The fourth-order valence-corrected chi connectivity index (χ4v) is 6.76. The molecule has 5 aromatic rings. The van der Waals surface area contributed by atoms with Crippen LogP contribution in [0.15, 0.2) is 127 Å². The summed E-state index contributed by atoms with van der Waals surface area (Å²) in [5.74, 6) is -1.84. The van der Waals surface area contributed by atoms with Gasteiger partial charge < -0.3 is 33.5 Å². The molecule has 0 saturated carbocycles. The molecule has 6 rings (SSSR count). The molecule has 5 aromatic carbocycles. The van der Waals surface area contributed by atoms with Crippen molar-refractivity contribution >= 4 is 11.6 Å². The third kappa shape index (κ3) is 8.90. The lowest BCUT2D eigenvalue weighted by Gasteiger charge is -2.52. The molecule has 1 aliphatic heterocycles. The molecule has 1 N–H and O–H groups in total. The van der Waals surface area contributed by atoms with E-state index in [9.17, 15) is 9.50 Å². The molecule has 0 unspecified atom stereocenters. The Balaban J connectivity index is 1.41. The summed E-state index contributed by atoms with van der Waals surface area (Å²) in [6.45, 7) is 2.50. The summed E-state index contributed by atoms with van der Waals surface area (Å²) in [7, 11) is 1.54. The first kappa shape index (κ1) is 37.6. The molecule has 1 heterocycles. The number of methoxy groups -OCH3 is 1. The standard InChI is InChI=1S/C43H44ClFO7/c1-3-48-38-22-19-33(24-37(38)45)23-34-25-35(20-21-36(34)44)43(47-2)42(51-29-32-17-11-6-12-18-32)41(50-28-31-15-9-5-10-16-31)40(39(26-46)52-43)49-27-30-13-7-4-8-14-30/h4-22,24-25,39-42,46H,3,23,26-29H2,1-2H3/t39-,40-,41-,42+,43-/m0/s1. The number of benzene rings is 5. The highest BCUT2D eigenvalue weighted by atomic mass is 35.5. The molecular weight excluding hydrogens is 683 g/mol. The SMILES string of the molecule is CCOc1ccc(Cc2cc([C@]3(OC)O[C@@H](CO)[C@H](OCc4ccccc4)[C@H](OCc4ccccc4)[C@H]3OCc3ccccc3)ccc2Cl)cc1F. The number of aliphatic hydroxyl groups excluding tert-OH is 1. The lowest BCUT2D eigenvalue weighted by Crippen LogP contribution is -2.66. The minimum absolute atomic E-state index is 0.194. The van der Waals surface area contributed by atoms with Gasteiger partial charge in [-0.25, -0.2) is 4.39 Å². The van der Waals surface area contributed by atoms with Crippen molar-refractivity contribution in [1.29, 1.82) is 0 Å². The second-order valence-electron chi connectivity index (χ2n) is 12.6. The van der Waals surface area contributed by atoms with Gasteiger partial charge in [-0.05, 0) is 65.4 Å². The van der Waals surface area contributed by atoms with Gasteiger partial charge in [-0.15, -0.1) is 0 Å². The monoisotopic (exact) mass is 726 g/mol. The van der Waals surface area contributed by atoms with E-state index in [-0.39, 0.29) is 32.2 Å². The largest absolute Gasteiger partial charge is 0.491 e. The molecule has 1 aliphatic rings. The van der Waals surface area contributed by atoms with E-state index in [2.05, 4.69) is 0 Å². The van der Waals surface area contributed by atoms with Gasteiger partial charge in [0.1, 0.15) is 24.4 Å². The minimum Gasteiger partial charge on any atom is -0.491 e. The third-order valence-electron chi connectivity index (χ3n) is 9.15. The summed E-state index contributed by atoms with van der Waals surface area (Å²) in [5.41, 5.74) is 4.87. The van der Waals surface area contributed by atoms with Crippen molar-refractivity contribution in [3.8, 4) is 5.75 Å². The van der Waals surface area contributed by atoms with Gasteiger partial charge in [-0.2, -0.15) is 0 Å². The van der Waals surface area contributed by atoms with Gasteiger partial charge in [-0.3, -0.25) is 0 Å². The zero-order valence-corrected chi connectivity index (χ0v) is 30.1.